The molecule has 5 nitrogen and oxygen atoms in total. The smallest absolute Gasteiger partial charge is 0.253 e. The van der Waals surface area contributed by atoms with E-state index in [0.717, 1.165) is 11.3 Å². The average Bonchev–Trinajstić information content (AvgIpc) is 3.21. The number of hydrogen-bond acceptors (Lipinski definition) is 4. The summed E-state index contributed by atoms with van der Waals surface area (Å²) in [4.78, 5) is 12.4. The van der Waals surface area contributed by atoms with Crippen molar-refractivity contribution < 1.29 is 17.6 Å². The van der Waals surface area contributed by atoms with Crippen molar-refractivity contribution in [2.45, 2.75) is 23.1 Å². The van der Waals surface area contributed by atoms with Crippen LogP contribution in [0.5, 0.6) is 0 Å². The highest BCUT2D eigenvalue weighted by molar-refractivity contribution is 7.91. The summed E-state index contributed by atoms with van der Waals surface area (Å²) in [6.07, 6.45) is 1.10. The van der Waals surface area contributed by atoms with Crippen molar-refractivity contribution in [1.29, 1.82) is 0 Å². The standard InChI is InChI=1S/C15H15FN2O3S2/c16-11-5-7-12(8-6-11)17-15(19)13-3-1-9-18(13)23(20,21)14-4-2-10-22-14/h2,4-8,10,13H,1,3,9H2,(H,17,19). The largest absolute Gasteiger partial charge is 0.325 e. The maximum Gasteiger partial charge on any atom is 0.253 e. The van der Waals surface area contributed by atoms with E-state index in [4.69, 9.17) is 0 Å². The lowest BCUT2D eigenvalue weighted by Gasteiger charge is -2.22. The van der Waals surface area contributed by atoms with Crippen molar-refractivity contribution in [1.82, 2.24) is 4.31 Å². The molecular formula is C15H15FN2O3S2. The van der Waals surface area contributed by atoms with Crippen LogP contribution in [0.4, 0.5) is 10.1 Å². The summed E-state index contributed by atoms with van der Waals surface area (Å²) >= 11 is 1.13. The molecule has 0 saturated carbocycles. The molecule has 23 heavy (non-hydrogen) atoms. The molecule has 1 aromatic heterocycles. The number of thiophene rings is 1. The maximum atomic E-state index is 12.9. The number of benzene rings is 1. The van der Waals surface area contributed by atoms with Crippen LogP contribution in [0.3, 0.4) is 0 Å². The van der Waals surface area contributed by atoms with Crippen LogP contribution < -0.4 is 5.32 Å². The SMILES string of the molecule is O=C(Nc1ccc(F)cc1)C1CCCN1S(=O)(=O)c1cccs1. The van der Waals surface area contributed by atoms with E-state index in [0.29, 0.717) is 25.1 Å². The second-order valence-corrected chi connectivity index (χ2v) is 8.27. The molecule has 122 valence electrons. The Kier molecular flexibility index (Phi) is 4.47. The normalized spacial score (nSPS) is 18.9. The Hall–Kier alpha value is -1.77. The van der Waals surface area contributed by atoms with Crippen LogP contribution in [-0.4, -0.2) is 31.2 Å². The molecule has 1 saturated heterocycles. The van der Waals surface area contributed by atoms with Gasteiger partial charge in [0.2, 0.25) is 5.91 Å². The van der Waals surface area contributed by atoms with Gasteiger partial charge in [-0.25, -0.2) is 12.8 Å². The predicted octanol–water partition coefficient (Wildman–Crippen LogP) is 2.68. The van der Waals surface area contributed by atoms with Crippen molar-refractivity contribution in [2.75, 3.05) is 11.9 Å². The van der Waals surface area contributed by atoms with Crippen LogP contribution in [0.15, 0.2) is 46.0 Å². The zero-order valence-electron chi connectivity index (χ0n) is 12.1. The van der Waals surface area contributed by atoms with Crippen LogP contribution in [-0.2, 0) is 14.8 Å². The fourth-order valence-corrected chi connectivity index (χ4v) is 5.35. The number of nitrogens with one attached hydrogen (secondary N) is 1. The number of hydrogen-bond donors (Lipinski definition) is 1. The van der Waals surface area contributed by atoms with Gasteiger partial charge in [0.05, 0.1) is 0 Å². The van der Waals surface area contributed by atoms with Crippen LogP contribution in [0, 0.1) is 5.82 Å². The third kappa shape index (κ3) is 3.29. The molecule has 0 bridgehead atoms. The van der Waals surface area contributed by atoms with Crippen LogP contribution in [0.25, 0.3) is 0 Å². The molecule has 1 atom stereocenters. The number of amides is 1. The lowest BCUT2D eigenvalue weighted by molar-refractivity contribution is -0.119. The van der Waals surface area contributed by atoms with Gasteiger partial charge in [-0.1, -0.05) is 6.07 Å². The van der Waals surface area contributed by atoms with Crippen molar-refractivity contribution in [3.05, 3.63) is 47.6 Å². The lowest BCUT2D eigenvalue weighted by atomic mass is 10.2. The molecule has 3 rings (SSSR count). The molecule has 0 radical (unpaired) electrons. The molecule has 1 unspecified atom stereocenters. The Morgan fingerprint density at radius 1 is 1.26 bits per heavy atom. The van der Waals surface area contributed by atoms with E-state index in [9.17, 15) is 17.6 Å². The van der Waals surface area contributed by atoms with Gasteiger partial charge in [0.25, 0.3) is 10.0 Å². The third-order valence-electron chi connectivity index (χ3n) is 3.68. The van der Waals surface area contributed by atoms with Crippen LogP contribution in [0.2, 0.25) is 0 Å². The van der Waals surface area contributed by atoms with Crippen molar-refractivity contribution in [3.8, 4) is 0 Å². The summed E-state index contributed by atoms with van der Waals surface area (Å²) in [5.41, 5.74) is 0.441. The van der Waals surface area contributed by atoms with E-state index in [1.807, 2.05) is 0 Å². The predicted molar refractivity (Wildman–Crippen MR) is 86.3 cm³/mol. The molecular weight excluding hydrogens is 339 g/mol. The summed E-state index contributed by atoms with van der Waals surface area (Å²) in [5, 5.41) is 4.34. The minimum Gasteiger partial charge on any atom is -0.325 e. The molecule has 2 heterocycles. The van der Waals surface area contributed by atoms with Gasteiger partial charge in [0.1, 0.15) is 16.1 Å². The summed E-state index contributed by atoms with van der Waals surface area (Å²) < 4.78 is 39.6. The monoisotopic (exact) mass is 354 g/mol. The van der Waals surface area contributed by atoms with Crippen molar-refractivity contribution >= 4 is 33.0 Å². The Labute approximate surface area is 137 Å². The number of rotatable bonds is 4. The number of carbonyl (C=O) groups is 1. The third-order valence-corrected chi connectivity index (χ3v) is 6.96. The number of halogens is 1. The van der Waals surface area contributed by atoms with E-state index < -0.39 is 27.8 Å². The zero-order valence-corrected chi connectivity index (χ0v) is 13.7. The Balaban J connectivity index is 1.79. The maximum absolute atomic E-state index is 12.9. The van der Waals surface area contributed by atoms with Gasteiger partial charge in [0, 0.05) is 12.2 Å². The molecule has 2 aromatic rings. The molecule has 0 spiro atoms. The molecule has 1 amide bonds. The summed E-state index contributed by atoms with van der Waals surface area (Å²) in [7, 11) is -3.66. The highest BCUT2D eigenvalue weighted by Gasteiger charge is 2.39. The highest BCUT2D eigenvalue weighted by atomic mass is 32.2. The number of nitrogens with zero attached hydrogens (tertiary/aromatic N) is 1. The van der Waals surface area contributed by atoms with E-state index in [2.05, 4.69) is 5.32 Å². The topological polar surface area (TPSA) is 66.5 Å². The first-order valence-electron chi connectivity index (χ1n) is 7.10. The summed E-state index contributed by atoms with van der Waals surface area (Å²) in [5.74, 6) is -0.792. The van der Waals surface area contributed by atoms with Gasteiger partial charge >= 0.3 is 0 Å². The fraction of sp³-hybridized carbons (Fsp3) is 0.267. The summed E-state index contributed by atoms with van der Waals surface area (Å²) in [6.45, 7) is 0.321. The van der Waals surface area contributed by atoms with E-state index >= 15 is 0 Å². The first kappa shape index (κ1) is 16.1. The van der Waals surface area contributed by atoms with E-state index in [1.165, 1.54) is 34.6 Å². The highest BCUT2D eigenvalue weighted by Crippen LogP contribution is 2.29. The Morgan fingerprint density at radius 2 is 2.00 bits per heavy atom. The van der Waals surface area contributed by atoms with Crippen molar-refractivity contribution in [3.63, 3.8) is 0 Å². The van der Waals surface area contributed by atoms with Gasteiger partial charge in [0.15, 0.2) is 0 Å². The minimum absolute atomic E-state index is 0.235. The van der Waals surface area contributed by atoms with Crippen molar-refractivity contribution in [2.24, 2.45) is 0 Å². The van der Waals surface area contributed by atoms with E-state index in [1.54, 1.807) is 11.4 Å². The second kappa shape index (κ2) is 6.38. The zero-order chi connectivity index (χ0) is 16.4. The average molecular weight is 354 g/mol. The van der Waals surface area contributed by atoms with E-state index in [-0.39, 0.29) is 4.21 Å². The van der Waals surface area contributed by atoms with Gasteiger partial charge in [-0.3, -0.25) is 4.79 Å². The fourth-order valence-electron chi connectivity index (χ4n) is 2.57. The molecule has 1 aromatic carbocycles. The van der Waals surface area contributed by atoms with Gasteiger partial charge in [-0.2, -0.15) is 4.31 Å². The Morgan fingerprint density at radius 3 is 2.65 bits per heavy atom. The quantitative estimate of drug-likeness (QED) is 0.918. The molecule has 8 heteroatoms. The Bertz CT molecular complexity index is 789. The van der Waals surface area contributed by atoms with Crippen LogP contribution in [0.1, 0.15) is 12.8 Å². The number of carbonyl (C=O) groups excluding carboxylic acids is 1. The minimum atomic E-state index is -3.66. The van der Waals surface area contributed by atoms with Gasteiger partial charge in [-0.15, -0.1) is 11.3 Å². The molecule has 1 N–H and O–H groups in total. The van der Waals surface area contributed by atoms with Gasteiger partial charge < -0.3 is 5.32 Å². The molecule has 1 aliphatic rings. The van der Waals surface area contributed by atoms with Gasteiger partial charge in [-0.05, 0) is 48.6 Å². The first-order chi connectivity index (χ1) is 11.0. The molecule has 0 aliphatic carbocycles. The molecule has 1 aliphatic heterocycles. The molecule has 1 fully saturated rings. The lowest BCUT2D eigenvalue weighted by Crippen LogP contribution is -2.42. The second-order valence-electron chi connectivity index (χ2n) is 5.20. The van der Waals surface area contributed by atoms with Crippen LogP contribution >= 0.6 is 11.3 Å². The number of anilines is 1. The first-order valence-corrected chi connectivity index (χ1v) is 9.42. The summed E-state index contributed by atoms with van der Waals surface area (Å²) in [6, 6.07) is 7.83. The number of sulfonamides is 1.